The van der Waals surface area contributed by atoms with E-state index in [1.807, 2.05) is 0 Å². The first-order chi connectivity index (χ1) is 11.3. The first kappa shape index (κ1) is 19.1. The molecule has 0 saturated heterocycles. The van der Waals surface area contributed by atoms with Crippen molar-refractivity contribution >= 4 is 23.7 Å². The molecule has 1 rings (SSSR count). The van der Waals surface area contributed by atoms with Crippen LogP contribution >= 0.6 is 0 Å². The van der Waals surface area contributed by atoms with E-state index in [1.165, 1.54) is 12.1 Å². The molecule has 1 aromatic rings. The van der Waals surface area contributed by atoms with Gasteiger partial charge in [-0.2, -0.15) is 8.78 Å². The first-order valence-corrected chi connectivity index (χ1v) is 6.77. The normalized spacial score (nSPS) is 10.2. The number of hydrogen-bond acceptors (Lipinski definition) is 5. The summed E-state index contributed by atoms with van der Waals surface area (Å²) < 4.78 is 33.7. The van der Waals surface area contributed by atoms with Gasteiger partial charge in [0.15, 0.2) is 5.75 Å². The Hall–Kier alpha value is -2.91. The van der Waals surface area contributed by atoms with Crippen molar-refractivity contribution in [2.24, 2.45) is 0 Å². The first-order valence-electron chi connectivity index (χ1n) is 6.77. The number of ether oxygens (including phenoxy) is 2. The number of esters is 1. The smallest absolute Gasteiger partial charge is 0.387 e. The minimum Gasteiger partial charge on any atom is -0.481 e. The van der Waals surface area contributed by atoms with Gasteiger partial charge in [-0.15, -0.1) is 0 Å². The molecule has 2 amide bonds. The number of aliphatic carboxylic acids is 1. The molecular weight excluding hydrogens is 330 g/mol. The predicted octanol–water partition coefficient (Wildman–Crippen LogP) is 2.06. The zero-order valence-corrected chi connectivity index (χ0v) is 12.7. The summed E-state index contributed by atoms with van der Waals surface area (Å²) in [5.41, 5.74) is -0.112. The van der Waals surface area contributed by atoms with Gasteiger partial charge in [0, 0.05) is 13.0 Å². The maximum absolute atomic E-state index is 12.5. The summed E-state index contributed by atoms with van der Waals surface area (Å²) in [5, 5.41) is 13.1. The molecule has 0 aliphatic heterocycles. The molecule has 0 aliphatic rings. The molecule has 0 bridgehead atoms. The van der Waals surface area contributed by atoms with Crippen molar-refractivity contribution in [3.63, 3.8) is 0 Å². The van der Waals surface area contributed by atoms with Gasteiger partial charge >= 0.3 is 24.6 Å². The quantitative estimate of drug-likeness (QED) is 0.490. The molecule has 10 heteroatoms. The summed E-state index contributed by atoms with van der Waals surface area (Å²) in [7, 11) is 1.13. The Morgan fingerprint density at radius 3 is 2.58 bits per heavy atom. The molecule has 0 atom stereocenters. The van der Waals surface area contributed by atoms with Crippen LogP contribution in [0.25, 0.3) is 0 Å². The molecule has 132 valence electrons. The molecule has 0 heterocycles. The average molecular weight is 346 g/mol. The van der Waals surface area contributed by atoms with Gasteiger partial charge in [-0.25, -0.2) is 9.59 Å². The molecule has 0 aromatic heterocycles. The van der Waals surface area contributed by atoms with Crippen LogP contribution in [0.1, 0.15) is 23.2 Å². The Labute approximate surface area is 135 Å². The zero-order valence-electron chi connectivity index (χ0n) is 12.7. The van der Waals surface area contributed by atoms with E-state index in [-0.39, 0.29) is 30.6 Å². The number of carboxylic acid groups (broad SMARTS) is 1. The highest BCUT2D eigenvalue weighted by Gasteiger charge is 2.16. The monoisotopic (exact) mass is 346 g/mol. The number of urea groups is 1. The number of halogens is 2. The highest BCUT2D eigenvalue weighted by atomic mass is 19.3. The number of nitrogens with one attached hydrogen (secondary N) is 2. The van der Waals surface area contributed by atoms with Crippen molar-refractivity contribution in [3.8, 4) is 5.75 Å². The number of alkyl halides is 2. The lowest BCUT2D eigenvalue weighted by atomic mass is 10.2. The molecule has 0 unspecified atom stereocenters. The summed E-state index contributed by atoms with van der Waals surface area (Å²) in [5.74, 6) is -2.16. The van der Waals surface area contributed by atoms with E-state index in [4.69, 9.17) is 5.11 Å². The van der Waals surface area contributed by atoms with Crippen LogP contribution in [0.15, 0.2) is 18.2 Å². The highest BCUT2D eigenvalue weighted by Crippen LogP contribution is 2.27. The van der Waals surface area contributed by atoms with Gasteiger partial charge in [-0.05, 0) is 24.6 Å². The van der Waals surface area contributed by atoms with Gasteiger partial charge in [0.05, 0.1) is 18.4 Å². The van der Waals surface area contributed by atoms with E-state index < -0.39 is 30.3 Å². The number of carboxylic acids is 1. The Kier molecular flexibility index (Phi) is 7.40. The Bertz CT molecular complexity index is 609. The minimum absolute atomic E-state index is 0.0273. The van der Waals surface area contributed by atoms with Gasteiger partial charge in [0.1, 0.15) is 0 Å². The second-order valence-corrected chi connectivity index (χ2v) is 4.46. The third-order valence-corrected chi connectivity index (χ3v) is 2.72. The van der Waals surface area contributed by atoms with Crippen LogP contribution in [0, 0.1) is 0 Å². The standard InChI is InChI=1S/C14H16F2N2O6/c1-23-12(21)8-4-5-9(10(7-8)24-13(15)16)18-14(22)17-6-2-3-11(19)20/h4-5,7,13H,2-3,6H2,1H3,(H,19,20)(H2,17,18,22). The topological polar surface area (TPSA) is 114 Å². The van der Waals surface area contributed by atoms with Gasteiger partial charge in [0.2, 0.25) is 0 Å². The molecule has 3 N–H and O–H groups in total. The van der Waals surface area contributed by atoms with Crippen LogP contribution in [0.5, 0.6) is 5.75 Å². The Morgan fingerprint density at radius 1 is 1.29 bits per heavy atom. The van der Waals surface area contributed by atoms with Crippen LogP contribution < -0.4 is 15.4 Å². The fourth-order valence-corrected chi connectivity index (χ4v) is 1.67. The van der Waals surface area contributed by atoms with E-state index in [1.54, 1.807) is 0 Å². The van der Waals surface area contributed by atoms with Crippen molar-refractivity contribution in [1.29, 1.82) is 0 Å². The third-order valence-electron chi connectivity index (χ3n) is 2.72. The van der Waals surface area contributed by atoms with Crippen LogP contribution in [-0.2, 0) is 9.53 Å². The number of anilines is 1. The van der Waals surface area contributed by atoms with Crippen LogP contribution in [-0.4, -0.2) is 43.3 Å². The van der Waals surface area contributed by atoms with Gasteiger partial charge in [-0.1, -0.05) is 0 Å². The number of rotatable bonds is 8. The minimum atomic E-state index is -3.16. The molecule has 0 aliphatic carbocycles. The second kappa shape index (κ2) is 9.28. The highest BCUT2D eigenvalue weighted by molar-refractivity contribution is 5.94. The van der Waals surface area contributed by atoms with Crippen LogP contribution in [0.2, 0.25) is 0 Å². The lowest BCUT2D eigenvalue weighted by Gasteiger charge is -2.13. The van der Waals surface area contributed by atoms with Crippen molar-refractivity contribution in [3.05, 3.63) is 23.8 Å². The molecule has 0 saturated carbocycles. The number of carbonyl (C=O) groups is 3. The number of hydrogen-bond donors (Lipinski definition) is 3. The molecule has 0 fully saturated rings. The van der Waals surface area contributed by atoms with Crippen LogP contribution in [0.4, 0.5) is 19.3 Å². The van der Waals surface area contributed by atoms with Gasteiger partial charge in [0.25, 0.3) is 0 Å². The van der Waals surface area contributed by atoms with Crippen molar-refractivity contribution < 1.29 is 37.7 Å². The molecule has 24 heavy (non-hydrogen) atoms. The largest absolute Gasteiger partial charge is 0.481 e. The molecular formula is C14H16F2N2O6. The van der Waals surface area contributed by atoms with E-state index >= 15 is 0 Å². The van der Waals surface area contributed by atoms with E-state index in [2.05, 4.69) is 20.1 Å². The fourth-order valence-electron chi connectivity index (χ4n) is 1.67. The molecule has 0 radical (unpaired) electrons. The van der Waals surface area contributed by atoms with Crippen LogP contribution in [0.3, 0.4) is 0 Å². The van der Waals surface area contributed by atoms with Crippen molar-refractivity contribution in [2.75, 3.05) is 19.0 Å². The maximum Gasteiger partial charge on any atom is 0.387 e. The summed E-state index contributed by atoms with van der Waals surface area (Å²) >= 11 is 0. The summed E-state index contributed by atoms with van der Waals surface area (Å²) in [4.78, 5) is 33.4. The van der Waals surface area contributed by atoms with Gasteiger partial charge in [-0.3, -0.25) is 4.79 Å². The number of benzene rings is 1. The Morgan fingerprint density at radius 2 is 2.00 bits per heavy atom. The van der Waals surface area contributed by atoms with Crippen molar-refractivity contribution in [1.82, 2.24) is 5.32 Å². The second-order valence-electron chi connectivity index (χ2n) is 4.46. The predicted molar refractivity (Wildman–Crippen MR) is 78.3 cm³/mol. The summed E-state index contributed by atoms with van der Waals surface area (Å²) in [6.07, 6.45) is 0.0955. The van der Waals surface area contributed by atoms with Crippen molar-refractivity contribution in [2.45, 2.75) is 19.5 Å². The molecule has 8 nitrogen and oxygen atoms in total. The summed E-state index contributed by atoms with van der Waals surface area (Å²) in [6, 6.07) is 2.76. The fraction of sp³-hybridized carbons (Fsp3) is 0.357. The Balaban J connectivity index is 2.76. The SMILES string of the molecule is COC(=O)c1ccc(NC(=O)NCCCC(=O)O)c(OC(F)F)c1. The number of amides is 2. The molecule has 0 spiro atoms. The lowest BCUT2D eigenvalue weighted by molar-refractivity contribution is -0.137. The number of carbonyl (C=O) groups excluding carboxylic acids is 2. The van der Waals surface area contributed by atoms with E-state index in [0.29, 0.717) is 0 Å². The van der Waals surface area contributed by atoms with E-state index in [9.17, 15) is 23.2 Å². The zero-order chi connectivity index (χ0) is 18.1. The number of methoxy groups -OCH3 is 1. The van der Waals surface area contributed by atoms with Gasteiger partial charge < -0.3 is 25.2 Å². The van der Waals surface area contributed by atoms with E-state index in [0.717, 1.165) is 13.2 Å². The molecule has 1 aromatic carbocycles. The summed E-state index contributed by atoms with van der Waals surface area (Å²) in [6.45, 7) is -3.07. The third kappa shape index (κ3) is 6.46. The lowest BCUT2D eigenvalue weighted by Crippen LogP contribution is -2.30. The average Bonchev–Trinajstić information content (AvgIpc) is 2.51. The maximum atomic E-state index is 12.5.